The van der Waals surface area contributed by atoms with Gasteiger partial charge in [0.1, 0.15) is 17.5 Å². The van der Waals surface area contributed by atoms with Crippen LogP contribution in [0.25, 0.3) is 0 Å². The molecule has 0 aliphatic carbocycles. The van der Waals surface area contributed by atoms with Crippen LogP contribution < -0.4 is 5.73 Å². The maximum atomic E-state index is 12.5. The lowest BCUT2D eigenvalue weighted by molar-refractivity contribution is 0.399. The Morgan fingerprint density at radius 1 is 0.909 bits per heavy atom. The number of pyridine rings is 1. The molecule has 0 bridgehead atoms. The first-order valence-corrected chi connectivity index (χ1v) is 6.10. The molecule has 1 aromatic carbocycles. The third-order valence-corrected chi connectivity index (χ3v) is 2.18. The van der Waals surface area contributed by atoms with Crippen molar-refractivity contribution in [2.24, 2.45) is 0 Å². The van der Waals surface area contributed by atoms with E-state index in [0.717, 1.165) is 20.3 Å². The summed E-state index contributed by atoms with van der Waals surface area (Å²) in [5, 5.41) is 14.0. The smallest absolute Gasteiger partial charge is 0.214 e. The fraction of sp³-hybridized carbons (Fsp3) is 0.267. The summed E-state index contributed by atoms with van der Waals surface area (Å²) in [6.45, 7) is 3.23. The minimum absolute atomic E-state index is 0. The molecule has 0 aliphatic rings. The number of hydrogen-bond donors (Lipinski definition) is 3. The molecule has 0 unspecified atom stereocenters. The first kappa shape index (κ1) is 22.2. The predicted octanol–water partition coefficient (Wildman–Crippen LogP) is 2.85. The van der Waals surface area contributed by atoms with E-state index in [1.54, 1.807) is 13.8 Å². The van der Waals surface area contributed by atoms with Gasteiger partial charge in [0.05, 0.1) is 0 Å². The zero-order valence-corrected chi connectivity index (χ0v) is 12.9. The summed E-state index contributed by atoms with van der Waals surface area (Å²) in [4.78, 5) is 3.28. The lowest BCUT2D eigenvalue weighted by Crippen LogP contribution is -1.90. The SMILES string of the molecule is CO.CO.Cc1cc(C)c(F)cc1F.Nc1cccc(F)n1.[HH]. The molecule has 0 fully saturated rings. The maximum absolute atomic E-state index is 12.5. The fourth-order valence-electron chi connectivity index (χ4n) is 1.23. The Balaban J connectivity index is -0.000000280. The number of anilines is 1. The first-order chi connectivity index (χ1) is 10.4. The number of halogens is 3. The van der Waals surface area contributed by atoms with Crippen LogP contribution >= 0.6 is 0 Å². The number of nitrogen functional groups attached to an aromatic ring is 1. The summed E-state index contributed by atoms with van der Waals surface area (Å²) < 4.78 is 37.0. The number of aliphatic hydroxyl groups excluding tert-OH is 2. The van der Waals surface area contributed by atoms with Crippen molar-refractivity contribution in [1.82, 2.24) is 4.98 Å². The van der Waals surface area contributed by atoms with Crippen molar-refractivity contribution in [2.75, 3.05) is 20.0 Å². The van der Waals surface area contributed by atoms with Crippen molar-refractivity contribution in [3.8, 4) is 0 Å². The lowest BCUT2D eigenvalue weighted by Gasteiger charge is -1.98. The zero-order valence-electron chi connectivity index (χ0n) is 12.9. The highest BCUT2D eigenvalue weighted by Crippen LogP contribution is 2.12. The van der Waals surface area contributed by atoms with E-state index in [4.69, 9.17) is 15.9 Å². The highest BCUT2D eigenvalue weighted by atomic mass is 19.1. The number of aromatic nitrogens is 1. The molecule has 22 heavy (non-hydrogen) atoms. The van der Waals surface area contributed by atoms with Gasteiger partial charge in [0, 0.05) is 21.7 Å². The van der Waals surface area contributed by atoms with Crippen LogP contribution in [0, 0.1) is 31.4 Å². The third-order valence-electron chi connectivity index (χ3n) is 2.18. The quantitative estimate of drug-likeness (QED) is 0.652. The van der Waals surface area contributed by atoms with Crippen molar-refractivity contribution < 1.29 is 24.8 Å². The van der Waals surface area contributed by atoms with E-state index in [1.807, 2.05) is 0 Å². The van der Waals surface area contributed by atoms with E-state index in [-0.39, 0.29) is 7.24 Å². The normalized spacial score (nSPS) is 8.41. The zero-order chi connectivity index (χ0) is 17.7. The maximum Gasteiger partial charge on any atom is 0.214 e. The van der Waals surface area contributed by atoms with E-state index in [0.29, 0.717) is 11.1 Å². The molecule has 1 aromatic heterocycles. The fourth-order valence-corrected chi connectivity index (χ4v) is 1.23. The highest BCUT2D eigenvalue weighted by molar-refractivity contribution is 5.25. The number of rotatable bonds is 0. The molecule has 7 heteroatoms. The van der Waals surface area contributed by atoms with Crippen LogP contribution in [0.15, 0.2) is 30.3 Å². The average molecular weight is 320 g/mol. The standard InChI is InChI=1S/C8H8F2.C5H5FN2.2CH4O.H2/c1-5-3-6(2)8(10)4-7(5)9;6-4-2-1-3-5(7)8-4;2*1-2;/h3-4H,1-2H3;1-3H,(H2,7,8);2*2H,1H3;1H. The molecule has 4 nitrogen and oxygen atoms in total. The van der Waals surface area contributed by atoms with E-state index in [9.17, 15) is 13.2 Å². The second-order valence-corrected chi connectivity index (χ2v) is 3.74. The van der Waals surface area contributed by atoms with Gasteiger partial charge in [0.15, 0.2) is 0 Å². The van der Waals surface area contributed by atoms with Gasteiger partial charge in [-0.3, -0.25) is 0 Å². The molecular formula is C15H23F3N2O2. The van der Waals surface area contributed by atoms with E-state index >= 15 is 0 Å². The molecule has 4 N–H and O–H groups in total. The Bertz CT molecular complexity index is 491. The Kier molecular flexibility index (Phi) is 12.7. The van der Waals surface area contributed by atoms with Gasteiger partial charge in [-0.2, -0.15) is 4.39 Å². The largest absolute Gasteiger partial charge is 0.400 e. The highest BCUT2D eigenvalue weighted by Gasteiger charge is 2.01. The van der Waals surface area contributed by atoms with Gasteiger partial charge in [-0.25, -0.2) is 13.8 Å². The molecule has 1 heterocycles. The number of nitrogens with two attached hydrogens (primary N) is 1. The summed E-state index contributed by atoms with van der Waals surface area (Å²) >= 11 is 0. The molecule has 126 valence electrons. The summed E-state index contributed by atoms with van der Waals surface area (Å²) in [6, 6.07) is 6.69. The molecular weight excluding hydrogens is 297 g/mol. The Morgan fingerprint density at radius 3 is 1.64 bits per heavy atom. The van der Waals surface area contributed by atoms with Crippen LogP contribution in [0.1, 0.15) is 12.6 Å². The Labute approximate surface area is 129 Å². The number of nitrogens with zero attached hydrogens (tertiary/aromatic N) is 1. The Hall–Kier alpha value is -2.12. The van der Waals surface area contributed by atoms with Crippen LogP contribution in [0.5, 0.6) is 0 Å². The van der Waals surface area contributed by atoms with Crippen molar-refractivity contribution in [2.45, 2.75) is 13.8 Å². The first-order valence-electron chi connectivity index (χ1n) is 6.10. The summed E-state index contributed by atoms with van der Waals surface area (Å²) in [5.41, 5.74) is 6.08. The lowest BCUT2D eigenvalue weighted by atomic mass is 10.1. The second kappa shape index (κ2) is 12.6. The summed E-state index contributed by atoms with van der Waals surface area (Å²) in [5.74, 6) is -1.29. The molecule has 0 atom stereocenters. The minimum Gasteiger partial charge on any atom is -0.400 e. The van der Waals surface area contributed by atoms with E-state index in [2.05, 4.69) is 4.98 Å². The van der Waals surface area contributed by atoms with Crippen LogP contribution in [0.4, 0.5) is 19.0 Å². The molecule has 2 rings (SSSR count). The van der Waals surface area contributed by atoms with Gasteiger partial charge >= 0.3 is 0 Å². The van der Waals surface area contributed by atoms with Gasteiger partial charge in [0.2, 0.25) is 5.95 Å². The molecule has 0 spiro atoms. The van der Waals surface area contributed by atoms with Crippen molar-refractivity contribution in [3.63, 3.8) is 0 Å². The van der Waals surface area contributed by atoms with Gasteiger partial charge in [-0.15, -0.1) is 0 Å². The van der Waals surface area contributed by atoms with Gasteiger partial charge < -0.3 is 15.9 Å². The second-order valence-electron chi connectivity index (χ2n) is 3.74. The van der Waals surface area contributed by atoms with Gasteiger partial charge in [-0.1, -0.05) is 12.1 Å². The molecule has 0 radical (unpaired) electrons. The topological polar surface area (TPSA) is 79.4 Å². The van der Waals surface area contributed by atoms with Crippen LogP contribution in [0.2, 0.25) is 0 Å². The van der Waals surface area contributed by atoms with Crippen molar-refractivity contribution in [3.05, 3.63) is 59.0 Å². The molecule has 0 saturated carbocycles. The molecule has 0 saturated heterocycles. The predicted molar refractivity (Wildman–Crippen MR) is 82.8 cm³/mol. The van der Waals surface area contributed by atoms with Crippen molar-refractivity contribution >= 4 is 5.82 Å². The third kappa shape index (κ3) is 8.93. The summed E-state index contributed by atoms with van der Waals surface area (Å²) in [7, 11) is 2.00. The summed E-state index contributed by atoms with van der Waals surface area (Å²) in [6.07, 6.45) is 0. The number of aryl methyl sites for hydroxylation is 2. The molecule has 2 aromatic rings. The van der Waals surface area contributed by atoms with Crippen molar-refractivity contribution in [1.29, 1.82) is 0 Å². The Morgan fingerprint density at radius 2 is 1.36 bits per heavy atom. The van der Waals surface area contributed by atoms with Crippen LogP contribution in [0.3, 0.4) is 0 Å². The monoisotopic (exact) mass is 320 g/mol. The van der Waals surface area contributed by atoms with Crippen LogP contribution in [-0.4, -0.2) is 29.4 Å². The number of benzene rings is 1. The number of hydrogen-bond acceptors (Lipinski definition) is 4. The average Bonchev–Trinajstić information content (AvgIpc) is 2.50. The van der Waals surface area contributed by atoms with Crippen LogP contribution in [-0.2, 0) is 0 Å². The number of aliphatic hydroxyl groups is 2. The molecule has 0 amide bonds. The molecule has 0 aliphatic heterocycles. The van der Waals surface area contributed by atoms with Gasteiger partial charge in [0.25, 0.3) is 0 Å². The van der Waals surface area contributed by atoms with E-state index < -0.39 is 17.6 Å². The van der Waals surface area contributed by atoms with Gasteiger partial charge in [-0.05, 0) is 37.1 Å². The minimum atomic E-state index is -0.537. The van der Waals surface area contributed by atoms with E-state index in [1.165, 1.54) is 24.3 Å².